The average molecular weight is 425 g/mol. The zero-order chi connectivity index (χ0) is 14.8. The maximum Gasteiger partial charge on any atom is 0.263 e. The number of anilines is 2. The van der Waals surface area contributed by atoms with Crippen LogP contribution in [0.3, 0.4) is 0 Å². The van der Waals surface area contributed by atoms with Crippen molar-refractivity contribution in [2.24, 2.45) is 5.84 Å². The van der Waals surface area contributed by atoms with E-state index in [0.717, 1.165) is 0 Å². The van der Waals surface area contributed by atoms with Crippen LogP contribution >= 0.6 is 34.2 Å². The molecular weight excluding hydrogens is 415 g/mol. The standard InChI is InChI=1S/C11H10ClIN4O2S/c12-7-1-3-10(9(13)5-7)17-20(18,19)8-2-4-11(16-14)15-6-8/h1-6,17H,14H2,(H,15,16). The van der Waals surface area contributed by atoms with Gasteiger partial charge in [0, 0.05) is 14.8 Å². The lowest BCUT2D eigenvalue weighted by Gasteiger charge is -2.10. The predicted molar refractivity (Wildman–Crippen MR) is 87.0 cm³/mol. The molecule has 0 saturated heterocycles. The molecule has 0 unspecified atom stereocenters. The molecule has 0 amide bonds. The van der Waals surface area contributed by atoms with Gasteiger partial charge in [-0.3, -0.25) is 4.72 Å². The van der Waals surface area contributed by atoms with Crippen molar-refractivity contribution in [3.05, 3.63) is 45.1 Å². The van der Waals surface area contributed by atoms with E-state index in [1.807, 2.05) is 22.6 Å². The van der Waals surface area contributed by atoms with E-state index in [-0.39, 0.29) is 4.90 Å². The Morgan fingerprint density at radius 2 is 2.00 bits per heavy atom. The molecule has 106 valence electrons. The quantitative estimate of drug-likeness (QED) is 0.398. The van der Waals surface area contributed by atoms with Gasteiger partial charge in [-0.15, -0.1) is 0 Å². The smallest absolute Gasteiger partial charge is 0.263 e. The average Bonchev–Trinajstić information content (AvgIpc) is 2.42. The van der Waals surface area contributed by atoms with Gasteiger partial charge in [-0.1, -0.05) is 11.6 Å². The molecule has 0 bridgehead atoms. The molecule has 0 radical (unpaired) electrons. The van der Waals surface area contributed by atoms with Crippen LogP contribution in [0.5, 0.6) is 0 Å². The Morgan fingerprint density at radius 1 is 1.25 bits per heavy atom. The molecule has 1 aromatic carbocycles. The fraction of sp³-hybridized carbons (Fsp3) is 0. The zero-order valence-electron chi connectivity index (χ0n) is 9.97. The normalized spacial score (nSPS) is 11.2. The first kappa shape index (κ1) is 15.3. The highest BCUT2D eigenvalue weighted by atomic mass is 127. The van der Waals surface area contributed by atoms with E-state index in [0.29, 0.717) is 20.1 Å². The van der Waals surface area contributed by atoms with Crippen LogP contribution < -0.4 is 16.0 Å². The first-order chi connectivity index (χ1) is 9.42. The van der Waals surface area contributed by atoms with Gasteiger partial charge in [0.1, 0.15) is 10.7 Å². The number of rotatable bonds is 4. The molecule has 2 rings (SSSR count). The van der Waals surface area contributed by atoms with Crippen LogP contribution in [0.15, 0.2) is 41.4 Å². The molecule has 4 N–H and O–H groups in total. The number of nitrogens with one attached hydrogen (secondary N) is 2. The van der Waals surface area contributed by atoms with E-state index in [4.69, 9.17) is 17.4 Å². The van der Waals surface area contributed by atoms with Gasteiger partial charge in [0.2, 0.25) is 0 Å². The van der Waals surface area contributed by atoms with Gasteiger partial charge in [0.15, 0.2) is 0 Å². The van der Waals surface area contributed by atoms with Crippen molar-refractivity contribution in [3.8, 4) is 0 Å². The minimum Gasteiger partial charge on any atom is -0.308 e. The topological polar surface area (TPSA) is 97.1 Å². The molecule has 9 heteroatoms. The number of hydrazine groups is 1. The van der Waals surface area contributed by atoms with Crippen LogP contribution in [-0.4, -0.2) is 13.4 Å². The molecule has 0 aliphatic carbocycles. The molecule has 20 heavy (non-hydrogen) atoms. The van der Waals surface area contributed by atoms with Crippen molar-refractivity contribution in [3.63, 3.8) is 0 Å². The van der Waals surface area contributed by atoms with Gasteiger partial charge in [0.05, 0.1) is 5.69 Å². The molecule has 2 aromatic rings. The Bertz CT molecular complexity index is 722. The number of nitrogens with zero attached hydrogens (tertiary/aromatic N) is 1. The second kappa shape index (κ2) is 6.12. The van der Waals surface area contributed by atoms with E-state index in [1.54, 1.807) is 18.2 Å². The Balaban J connectivity index is 2.30. The van der Waals surface area contributed by atoms with Crippen LogP contribution in [0.25, 0.3) is 0 Å². The molecule has 0 fully saturated rings. The molecule has 0 aliphatic heterocycles. The number of hydrogen-bond donors (Lipinski definition) is 3. The summed E-state index contributed by atoms with van der Waals surface area (Å²) in [5, 5.41) is 0.539. The van der Waals surface area contributed by atoms with Crippen molar-refractivity contribution < 1.29 is 8.42 Å². The summed E-state index contributed by atoms with van der Waals surface area (Å²) >= 11 is 7.83. The summed E-state index contributed by atoms with van der Waals surface area (Å²) in [6, 6.07) is 7.76. The lowest BCUT2D eigenvalue weighted by molar-refractivity contribution is 0.601. The van der Waals surface area contributed by atoms with Crippen LogP contribution in [0.2, 0.25) is 5.02 Å². The minimum absolute atomic E-state index is 0.0438. The lowest BCUT2D eigenvalue weighted by Crippen LogP contribution is -2.15. The first-order valence-corrected chi connectivity index (χ1v) is 8.27. The van der Waals surface area contributed by atoms with Crippen LogP contribution in [-0.2, 0) is 10.0 Å². The summed E-state index contributed by atoms with van der Waals surface area (Å²) in [6.07, 6.45) is 1.22. The molecule has 0 aliphatic rings. The molecule has 1 aromatic heterocycles. The molecule has 0 atom stereocenters. The Kier molecular flexibility index (Phi) is 4.68. The number of aromatic nitrogens is 1. The second-order valence-corrected chi connectivity index (χ2v) is 7.03. The van der Waals surface area contributed by atoms with Crippen molar-refractivity contribution in [2.75, 3.05) is 10.1 Å². The summed E-state index contributed by atoms with van der Waals surface area (Å²) in [5.41, 5.74) is 2.78. The SMILES string of the molecule is NNc1ccc(S(=O)(=O)Nc2ccc(Cl)cc2I)cn1. The number of hydrogen-bond acceptors (Lipinski definition) is 5. The van der Waals surface area contributed by atoms with Crippen LogP contribution in [0.1, 0.15) is 0 Å². The van der Waals surface area contributed by atoms with Crippen molar-refractivity contribution >= 4 is 55.7 Å². The third-order valence-corrected chi connectivity index (χ3v) is 4.85. The minimum atomic E-state index is -3.70. The zero-order valence-corrected chi connectivity index (χ0v) is 13.7. The fourth-order valence-corrected chi connectivity index (χ4v) is 3.61. The van der Waals surface area contributed by atoms with Crippen molar-refractivity contribution in [1.29, 1.82) is 0 Å². The van der Waals surface area contributed by atoms with Gasteiger partial charge in [-0.25, -0.2) is 19.2 Å². The van der Waals surface area contributed by atoms with Gasteiger partial charge in [0.25, 0.3) is 10.0 Å². The number of pyridine rings is 1. The fourth-order valence-electron chi connectivity index (χ4n) is 1.40. The largest absolute Gasteiger partial charge is 0.308 e. The molecule has 0 saturated carbocycles. The number of nitrogens with two attached hydrogens (primary N) is 1. The van der Waals surface area contributed by atoms with Gasteiger partial charge in [-0.05, 0) is 52.9 Å². The van der Waals surface area contributed by atoms with Crippen molar-refractivity contribution in [1.82, 2.24) is 4.98 Å². The van der Waals surface area contributed by atoms with Crippen LogP contribution in [0, 0.1) is 3.57 Å². The number of benzene rings is 1. The lowest BCUT2D eigenvalue weighted by atomic mass is 10.3. The summed E-state index contributed by atoms with van der Waals surface area (Å²) in [6.45, 7) is 0. The van der Waals surface area contributed by atoms with E-state index in [9.17, 15) is 8.42 Å². The summed E-state index contributed by atoms with van der Waals surface area (Å²) in [7, 11) is -3.70. The number of sulfonamides is 1. The molecular formula is C11H10ClIN4O2S. The maximum absolute atomic E-state index is 12.2. The Morgan fingerprint density at radius 3 is 2.55 bits per heavy atom. The summed E-state index contributed by atoms with van der Waals surface area (Å²) in [4.78, 5) is 3.91. The highest BCUT2D eigenvalue weighted by Crippen LogP contribution is 2.24. The molecule has 6 nitrogen and oxygen atoms in total. The molecule has 0 spiro atoms. The number of nitrogen functional groups attached to an aromatic ring is 1. The van der Waals surface area contributed by atoms with Gasteiger partial charge < -0.3 is 5.43 Å². The summed E-state index contributed by atoms with van der Waals surface area (Å²) in [5.74, 6) is 5.56. The second-order valence-electron chi connectivity index (χ2n) is 3.75. The number of halogens is 2. The van der Waals surface area contributed by atoms with Crippen LogP contribution in [0.4, 0.5) is 11.5 Å². The molecule has 1 heterocycles. The third-order valence-electron chi connectivity index (χ3n) is 2.37. The Labute approximate surface area is 134 Å². The van der Waals surface area contributed by atoms with E-state index in [1.165, 1.54) is 18.3 Å². The van der Waals surface area contributed by atoms with E-state index >= 15 is 0 Å². The van der Waals surface area contributed by atoms with Gasteiger partial charge in [-0.2, -0.15) is 0 Å². The van der Waals surface area contributed by atoms with E-state index < -0.39 is 10.0 Å². The van der Waals surface area contributed by atoms with Gasteiger partial charge >= 0.3 is 0 Å². The monoisotopic (exact) mass is 424 g/mol. The van der Waals surface area contributed by atoms with Crippen molar-refractivity contribution in [2.45, 2.75) is 4.90 Å². The Hall–Kier alpha value is -1.10. The highest BCUT2D eigenvalue weighted by molar-refractivity contribution is 14.1. The highest BCUT2D eigenvalue weighted by Gasteiger charge is 2.16. The van der Waals surface area contributed by atoms with E-state index in [2.05, 4.69) is 15.1 Å². The third kappa shape index (κ3) is 3.51. The summed E-state index contributed by atoms with van der Waals surface area (Å²) < 4.78 is 27.6. The predicted octanol–water partition coefficient (Wildman–Crippen LogP) is 2.43. The maximum atomic E-state index is 12.2. The first-order valence-electron chi connectivity index (χ1n) is 5.33.